The SMILES string of the molecule is CNC(=O)[C@@]1(c2ccccn2)CCCN(Cc2ccccc2OCc2ccccn2)C1. The molecule has 1 atom stereocenters. The maximum absolute atomic E-state index is 13.0. The minimum atomic E-state index is -0.641. The lowest BCUT2D eigenvalue weighted by Crippen LogP contribution is -2.54. The number of amides is 1. The van der Waals surface area contributed by atoms with Crippen LogP contribution in [0, 0.1) is 0 Å². The first-order chi connectivity index (χ1) is 15.2. The van der Waals surface area contributed by atoms with E-state index in [-0.39, 0.29) is 5.91 Å². The number of pyridine rings is 2. The zero-order chi connectivity index (χ0) is 21.5. The monoisotopic (exact) mass is 416 g/mol. The third-order valence-corrected chi connectivity index (χ3v) is 5.86. The summed E-state index contributed by atoms with van der Waals surface area (Å²) >= 11 is 0. The highest BCUT2D eigenvalue weighted by molar-refractivity contribution is 5.88. The minimum Gasteiger partial charge on any atom is -0.487 e. The van der Waals surface area contributed by atoms with Gasteiger partial charge >= 0.3 is 0 Å². The Labute approximate surface area is 183 Å². The molecule has 3 heterocycles. The molecule has 160 valence electrons. The van der Waals surface area contributed by atoms with E-state index < -0.39 is 5.41 Å². The molecule has 1 aliphatic heterocycles. The number of carbonyl (C=O) groups is 1. The van der Waals surface area contributed by atoms with Crippen molar-refractivity contribution < 1.29 is 9.53 Å². The fourth-order valence-corrected chi connectivity index (χ4v) is 4.33. The fraction of sp³-hybridized carbons (Fsp3) is 0.320. The molecule has 1 amide bonds. The number of hydrogen-bond acceptors (Lipinski definition) is 5. The Morgan fingerprint density at radius 1 is 1.06 bits per heavy atom. The summed E-state index contributed by atoms with van der Waals surface area (Å²) in [7, 11) is 1.70. The van der Waals surface area contributed by atoms with Crippen LogP contribution in [0.3, 0.4) is 0 Å². The Morgan fingerprint density at radius 2 is 1.84 bits per heavy atom. The molecule has 0 spiro atoms. The highest BCUT2D eigenvalue weighted by atomic mass is 16.5. The van der Waals surface area contributed by atoms with Crippen molar-refractivity contribution in [3.05, 3.63) is 90.0 Å². The lowest BCUT2D eigenvalue weighted by Gasteiger charge is -2.41. The van der Waals surface area contributed by atoms with E-state index in [1.54, 1.807) is 19.4 Å². The number of rotatable bonds is 7. The van der Waals surface area contributed by atoms with Crippen LogP contribution in [-0.4, -0.2) is 40.9 Å². The number of nitrogens with zero attached hydrogens (tertiary/aromatic N) is 3. The number of benzene rings is 1. The van der Waals surface area contributed by atoms with Crippen LogP contribution in [0.1, 0.15) is 29.8 Å². The van der Waals surface area contributed by atoms with Gasteiger partial charge in [0.25, 0.3) is 0 Å². The second-order valence-corrected chi connectivity index (χ2v) is 7.91. The first-order valence-electron chi connectivity index (χ1n) is 10.7. The van der Waals surface area contributed by atoms with Crippen LogP contribution in [0.4, 0.5) is 0 Å². The minimum absolute atomic E-state index is 0.0237. The van der Waals surface area contributed by atoms with E-state index in [0.717, 1.165) is 42.1 Å². The average molecular weight is 417 g/mol. The summed E-state index contributed by atoms with van der Waals surface area (Å²) in [4.78, 5) is 24.2. The first kappa shape index (κ1) is 21.0. The van der Waals surface area contributed by atoms with Crippen molar-refractivity contribution in [1.82, 2.24) is 20.2 Å². The summed E-state index contributed by atoms with van der Waals surface area (Å²) in [5.41, 5.74) is 2.19. The van der Waals surface area contributed by atoms with E-state index in [2.05, 4.69) is 26.3 Å². The highest BCUT2D eigenvalue weighted by Crippen LogP contribution is 2.34. The number of nitrogens with one attached hydrogen (secondary N) is 1. The second-order valence-electron chi connectivity index (χ2n) is 7.91. The molecule has 0 saturated carbocycles. The second kappa shape index (κ2) is 9.71. The van der Waals surface area contributed by atoms with Gasteiger partial charge in [-0.15, -0.1) is 0 Å². The molecule has 6 nitrogen and oxygen atoms in total. The standard InChI is InChI=1S/C25H28N4O2/c1-26-24(30)25(23-12-5-7-15-28-23)13-8-16-29(19-25)17-20-9-2-3-11-22(20)31-18-21-10-4-6-14-27-21/h2-7,9-12,14-15H,8,13,16-19H2,1H3,(H,26,30)/t25-/m0/s1. The molecule has 0 unspecified atom stereocenters. The lowest BCUT2D eigenvalue weighted by molar-refractivity contribution is -0.128. The molecule has 0 bridgehead atoms. The lowest BCUT2D eigenvalue weighted by atomic mass is 9.75. The molecule has 0 radical (unpaired) electrons. The van der Waals surface area contributed by atoms with E-state index in [0.29, 0.717) is 19.7 Å². The van der Waals surface area contributed by atoms with E-state index in [1.165, 1.54) is 0 Å². The molecule has 1 saturated heterocycles. The predicted molar refractivity (Wildman–Crippen MR) is 120 cm³/mol. The number of likely N-dealkylation sites (N-methyl/N-ethyl adjacent to an activating group) is 1. The van der Waals surface area contributed by atoms with Crippen LogP contribution >= 0.6 is 0 Å². The van der Waals surface area contributed by atoms with Crippen molar-refractivity contribution >= 4 is 5.91 Å². The van der Waals surface area contributed by atoms with Crippen molar-refractivity contribution in [1.29, 1.82) is 0 Å². The van der Waals surface area contributed by atoms with Crippen LogP contribution < -0.4 is 10.1 Å². The van der Waals surface area contributed by atoms with E-state index in [9.17, 15) is 4.79 Å². The van der Waals surface area contributed by atoms with Crippen LogP contribution in [0.2, 0.25) is 0 Å². The van der Waals surface area contributed by atoms with Gasteiger partial charge in [-0.25, -0.2) is 0 Å². The summed E-state index contributed by atoms with van der Waals surface area (Å²) in [6.45, 7) is 2.69. The molecule has 0 aliphatic carbocycles. The molecular weight excluding hydrogens is 388 g/mol. The Morgan fingerprint density at radius 3 is 2.58 bits per heavy atom. The van der Waals surface area contributed by atoms with Crippen molar-refractivity contribution in [2.24, 2.45) is 0 Å². The van der Waals surface area contributed by atoms with Gasteiger partial charge in [-0.2, -0.15) is 0 Å². The van der Waals surface area contributed by atoms with Gasteiger partial charge < -0.3 is 10.1 Å². The molecular formula is C25H28N4O2. The molecule has 31 heavy (non-hydrogen) atoms. The van der Waals surface area contributed by atoms with Crippen LogP contribution in [0.5, 0.6) is 5.75 Å². The molecule has 1 aliphatic rings. The van der Waals surface area contributed by atoms with Crippen molar-refractivity contribution in [3.63, 3.8) is 0 Å². The number of aromatic nitrogens is 2. The van der Waals surface area contributed by atoms with Gasteiger partial charge in [0.1, 0.15) is 17.8 Å². The summed E-state index contributed by atoms with van der Waals surface area (Å²) in [5, 5.41) is 2.87. The quantitative estimate of drug-likeness (QED) is 0.640. The third-order valence-electron chi connectivity index (χ3n) is 5.86. The van der Waals surface area contributed by atoms with Crippen LogP contribution in [0.25, 0.3) is 0 Å². The molecule has 6 heteroatoms. The Hall–Kier alpha value is -3.25. The number of piperidine rings is 1. The van der Waals surface area contributed by atoms with Gasteiger partial charge in [0.2, 0.25) is 5.91 Å². The van der Waals surface area contributed by atoms with Gasteiger partial charge in [-0.1, -0.05) is 30.3 Å². The summed E-state index contributed by atoms with van der Waals surface area (Å²) in [5.74, 6) is 0.873. The van der Waals surface area contributed by atoms with Crippen LogP contribution in [0.15, 0.2) is 73.1 Å². The van der Waals surface area contributed by atoms with E-state index in [4.69, 9.17) is 4.74 Å². The number of ether oxygens (including phenoxy) is 1. The normalized spacial score (nSPS) is 19.0. The molecule has 1 aromatic carbocycles. The van der Waals surface area contributed by atoms with E-state index in [1.807, 2.05) is 54.6 Å². The summed E-state index contributed by atoms with van der Waals surface area (Å²) in [6.07, 6.45) is 5.26. The molecule has 2 aromatic heterocycles. The van der Waals surface area contributed by atoms with Gasteiger partial charge in [0, 0.05) is 38.1 Å². The van der Waals surface area contributed by atoms with Crippen molar-refractivity contribution in [2.45, 2.75) is 31.4 Å². The Kier molecular flexibility index (Phi) is 6.57. The first-order valence-corrected chi connectivity index (χ1v) is 10.7. The fourth-order valence-electron chi connectivity index (χ4n) is 4.33. The summed E-state index contributed by atoms with van der Waals surface area (Å²) in [6, 6.07) is 19.7. The molecule has 1 fully saturated rings. The highest BCUT2D eigenvalue weighted by Gasteiger charge is 2.44. The number of likely N-dealkylation sites (tertiary alicyclic amines) is 1. The van der Waals surface area contributed by atoms with E-state index >= 15 is 0 Å². The maximum atomic E-state index is 13.0. The molecule has 4 rings (SSSR count). The van der Waals surface area contributed by atoms with Crippen LogP contribution in [-0.2, 0) is 23.4 Å². The van der Waals surface area contributed by atoms with Gasteiger partial charge in [-0.3, -0.25) is 19.7 Å². The largest absolute Gasteiger partial charge is 0.487 e. The smallest absolute Gasteiger partial charge is 0.233 e. The Balaban J connectivity index is 1.52. The molecule has 1 N–H and O–H groups in total. The zero-order valence-corrected chi connectivity index (χ0v) is 17.8. The molecule has 3 aromatic rings. The predicted octanol–water partition coefficient (Wildman–Crippen LogP) is 3.34. The average Bonchev–Trinajstić information content (AvgIpc) is 2.84. The zero-order valence-electron chi connectivity index (χ0n) is 17.8. The third kappa shape index (κ3) is 4.75. The van der Waals surface area contributed by atoms with Gasteiger partial charge in [-0.05, 0) is 49.7 Å². The number of carbonyl (C=O) groups excluding carboxylic acids is 1. The number of para-hydroxylation sites is 1. The summed E-state index contributed by atoms with van der Waals surface area (Å²) < 4.78 is 6.09. The maximum Gasteiger partial charge on any atom is 0.233 e. The van der Waals surface area contributed by atoms with Crippen molar-refractivity contribution in [2.75, 3.05) is 20.1 Å². The van der Waals surface area contributed by atoms with Crippen molar-refractivity contribution in [3.8, 4) is 5.75 Å². The topological polar surface area (TPSA) is 67.4 Å². The van der Waals surface area contributed by atoms with Gasteiger partial charge in [0.05, 0.1) is 11.4 Å². The van der Waals surface area contributed by atoms with Gasteiger partial charge in [0.15, 0.2) is 0 Å². The Bertz CT molecular complexity index is 997. The number of hydrogen-bond donors (Lipinski definition) is 1.